The van der Waals surface area contributed by atoms with Crippen LogP contribution in [-0.4, -0.2) is 38.9 Å². The molecule has 6 heteroatoms. The van der Waals surface area contributed by atoms with Crippen molar-refractivity contribution >= 4 is 22.8 Å². The molecular weight excluding hydrogens is 400 g/mol. The number of aryl methyl sites for hydroxylation is 1. The third kappa shape index (κ3) is 5.36. The number of nitrogens with one attached hydrogen (secondary N) is 1. The first kappa shape index (κ1) is 22.1. The van der Waals surface area contributed by atoms with Crippen molar-refractivity contribution in [3.8, 4) is 0 Å². The summed E-state index contributed by atoms with van der Waals surface area (Å²) in [6.45, 7) is 5.59. The molecule has 1 heterocycles. The molecule has 1 saturated carbocycles. The summed E-state index contributed by atoms with van der Waals surface area (Å²) in [4.78, 5) is 32.0. The summed E-state index contributed by atoms with van der Waals surface area (Å²) in [5.74, 6) is 1.37. The molecule has 0 radical (unpaired) electrons. The summed E-state index contributed by atoms with van der Waals surface area (Å²) < 4.78 is 2.04. The van der Waals surface area contributed by atoms with E-state index in [2.05, 4.69) is 31.3 Å². The van der Waals surface area contributed by atoms with E-state index in [1.165, 1.54) is 0 Å². The van der Waals surface area contributed by atoms with Crippen molar-refractivity contribution in [1.82, 2.24) is 19.8 Å². The van der Waals surface area contributed by atoms with Gasteiger partial charge < -0.3 is 14.8 Å². The Bertz CT molecular complexity index is 1070. The third-order valence-electron chi connectivity index (χ3n) is 5.99. The lowest BCUT2D eigenvalue weighted by atomic mass is 10.2. The predicted octanol–water partition coefficient (Wildman–Crippen LogP) is 3.93. The highest BCUT2D eigenvalue weighted by Gasteiger charge is 2.29. The van der Waals surface area contributed by atoms with E-state index in [4.69, 9.17) is 4.98 Å². The van der Waals surface area contributed by atoms with Crippen LogP contribution in [0, 0.1) is 5.92 Å². The van der Waals surface area contributed by atoms with Gasteiger partial charge in [0.25, 0.3) is 0 Å². The van der Waals surface area contributed by atoms with Crippen LogP contribution in [-0.2, 0) is 29.1 Å². The SMILES string of the molecule is CC(C)N(Cc1ccccc1)C(=O)Cn1c(CCCNC(=O)C2CC2)nc2ccccc21. The number of para-hydroxylation sites is 2. The van der Waals surface area contributed by atoms with Crippen molar-refractivity contribution in [2.24, 2.45) is 5.92 Å². The molecule has 6 nitrogen and oxygen atoms in total. The topological polar surface area (TPSA) is 67.2 Å². The van der Waals surface area contributed by atoms with Crippen molar-refractivity contribution in [3.05, 3.63) is 66.0 Å². The van der Waals surface area contributed by atoms with Gasteiger partial charge in [0.05, 0.1) is 11.0 Å². The smallest absolute Gasteiger partial charge is 0.243 e. The molecule has 0 bridgehead atoms. The average molecular weight is 433 g/mol. The van der Waals surface area contributed by atoms with E-state index < -0.39 is 0 Å². The second-order valence-electron chi connectivity index (χ2n) is 8.87. The summed E-state index contributed by atoms with van der Waals surface area (Å²) in [5.41, 5.74) is 2.99. The van der Waals surface area contributed by atoms with E-state index >= 15 is 0 Å². The van der Waals surface area contributed by atoms with Gasteiger partial charge >= 0.3 is 0 Å². The zero-order valence-corrected chi connectivity index (χ0v) is 19.0. The second kappa shape index (κ2) is 9.98. The van der Waals surface area contributed by atoms with Crippen LogP contribution in [0.5, 0.6) is 0 Å². The van der Waals surface area contributed by atoms with Gasteiger partial charge in [0.15, 0.2) is 0 Å². The van der Waals surface area contributed by atoms with Gasteiger partial charge in [0, 0.05) is 31.5 Å². The average Bonchev–Trinajstić information content (AvgIpc) is 3.59. The molecule has 32 heavy (non-hydrogen) atoms. The largest absolute Gasteiger partial charge is 0.356 e. The number of amides is 2. The minimum absolute atomic E-state index is 0.0790. The van der Waals surface area contributed by atoms with Crippen LogP contribution in [0.25, 0.3) is 11.0 Å². The fourth-order valence-electron chi connectivity index (χ4n) is 4.01. The van der Waals surface area contributed by atoms with Crippen LogP contribution >= 0.6 is 0 Å². The van der Waals surface area contributed by atoms with E-state index in [1.54, 1.807) is 0 Å². The number of benzene rings is 2. The van der Waals surface area contributed by atoms with E-state index in [1.807, 2.05) is 51.9 Å². The van der Waals surface area contributed by atoms with Crippen molar-refractivity contribution < 1.29 is 9.59 Å². The molecule has 0 unspecified atom stereocenters. The fraction of sp³-hybridized carbons (Fsp3) is 0.423. The van der Waals surface area contributed by atoms with Crippen LogP contribution in [0.15, 0.2) is 54.6 Å². The van der Waals surface area contributed by atoms with Crippen molar-refractivity contribution in [2.75, 3.05) is 6.54 Å². The molecule has 0 spiro atoms. The number of carbonyl (C=O) groups is 2. The lowest BCUT2D eigenvalue weighted by Crippen LogP contribution is -2.38. The maximum Gasteiger partial charge on any atom is 0.243 e. The lowest BCUT2D eigenvalue weighted by Gasteiger charge is -2.27. The Balaban J connectivity index is 1.47. The molecule has 2 amide bonds. The maximum absolute atomic E-state index is 13.4. The first-order valence-electron chi connectivity index (χ1n) is 11.6. The molecule has 1 aliphatic carbocycles. The zero-order valence-electron chi connectivity index (χ0n) is 19.0. The summed E-state index contributed by atoms with van der Waals surface area (Å²) in [7, 11) is 0. The minimum atomic E-state index is 0.0790. The van der Waals surface area contributed by atoms with Gasteiger partial charge in [-0.1, -0.05) is 42.5 Å². The molecule has 2 aromatic carbocycles. The van der Waals surface area contributed by atoms with Crippen LogP contribution in [0.4, 0.5) is 0 Å². The number of aromatic nitrogens is 2. The number of imidazole rings is 1. The van der Waals surface area contributed by atoms with Crippen LogP contribution in [0.2, 0.25) is 0 Å². The normalized spacial score (nSPS) is 13.5. The second-order valence-corrected chi connectivity index (χ2v) is 8.87. The highest BCUT2D eigenvalue weighted by Crippen LogP contribution is 2.28. The van der Waals surface area contributed by atoms with Gasteiger partial charge in [0.2, 0.25) is 11.8 Å². The Hall–Kier alpha value is -3.15. The van der Waals surface area contributed by atoms with Crippen molar-refractivity contribution in [2.45, 2.75) is 58.7 Å². The zero-order chi connectivity index (χ0) is 22.5. The molecule has 168 valence electrons. The number of hydrogen-bond acceptors (Lipinski definition) is 3. The minimum Gasteiger partial charge on any atom is -0.356 e. The molecule has 3 aromatic rings. The Morgan fingerprint density at radius 2 is 1.81 bits per heavy atom. The van der Waals surface area contributed by atoms with Crippen LogP contribution in [0.3, 0.4) is 0 Å². The van der Waals surface area contributed by atoms with Gasteiger partial charge in [-0.2, -0.15) is 0 Å². The van der Waals surface area contributed by atoms with E-state index in [0.717, 1.165) is 41.7 Å². The number of hydrogen-bond donors (Lipinski definition) is 1. The molecule has 1 fully saturated rings. The molecule has 1 N–H and O–H groups in total. The van der Waals surface area contributed by atoms with Crippen LogP contribution in [0.1, 0.15) is 44.5 Å². The molecule has 1 aliphatic rings. The Morgan fingerprint density at radius 3 is 2.53 bits per heavy atom. The van der Waals surface area contributed by atoms with Gasteiger partial charge in [-0.15, -0.1) is 0 Å². The third-order valence-corrected chi connectivity index (χ3v) is 5.99. The quantitative estimate of drug-likeness (QED) is 0.494. The standard InChI is InChI=1S/C26H32N4O2/c1-19(2)29(17-20-9-4-3-5-10-20)25(31)18-30-23-12-7-6-11-22(23)28-24(30)13-8-16-27-26(32)21-14-15-21/h3-7,9-12,19,21H,8,13-18H2,1-2H3,(H,27,32). The maximum atomic E-state index is 13.4. The Labute approximate surface area is 189 Å². The monoisotopic (exact) mass is 432 g/mol. The van der Waals surface area contributed by atoms with Crippen molar-refractivity contribution in [1.29, 1.82) is 0 Å². The number of rotatable bonds is 10. The first-order valence-corrected chi connectivity index (χ1v) is 11.6. The van der Waals surface area contributed by atoms with Gasteiger partial charge in [0.1, 0.15) is 12.4 Å². The van der Waals surface area contributed by atoms with Crippen molar-refractivity contribution in [3.63, 3.8) is 0 Å². The lowest BCUT2D eigenvalue weighted by molar-refractivity contribution is -0.134. The predicted molar refractivity (Wildman–Crippen MR) is 126 cm³/mol. The molecule has 4 rings (SSSR count). The number of nitrogens with zero attached hydrogens (tertiary/aromatic N) is 3. The summed E-state index contributed by atoms with van der Waals surface area (Å²) >= 11 is 0. The molecule has 0 atom stereocenters. The van der Waals surface area contributed by atoms with Gasteiger partial charge in [-0.3, -0.25) is 9.59 Å². The summed E-state index contributed by atoms with van der Waals surface area (Å²) in [6, 6.07) is 18.1. The first-order chi connectivity index (χ1) is 15.5. The Morgan fingerprint density at radius 1 is 1.09 bits per heavy atom. The molecule has 0 aliphatic heterocycles. The van der Waals surface area contributed by atoms with E-state index in [9.17, 15) is 9.59 Å². The fourth-order valence-corrected chi connectivity index (χ4v) is 4.01. The summed E-state index contributed by atoms with van der Waals surface area (Å²) in [5, 5.41) is 3.02. The molecule has 0 saturated heterocycles. The summed E-state index contributed by atoms with van der Waals surface area (Å²) in [6.07, 6.45) is 3.54. The number of carbonyl (C=O) groups excluding carboxylic acids is 2. The van der Waals surface area contributed by atoms with E-state index in [-0.39, 0.29) is 30.3 Å². The highest BCUT2D eigenvalue weighted by atomic mass is 16.2. The number of fused-ring (bicyclic) bond motifs is 1. The highest BCUT2D eigenvalue weighted by molar-refractivity contribution is 5.82. The van der Waals surface area contributed by atoms with Crippen LogP contribution < -0.4 is 5.32 Å². The Kier molecular flexibility index (Phi) is 6.88. The van der Waals surface area contributed by atoms with Gasteiger partial charge in [-0.25, -0.2) is 4.98 Å². The molecule has 1 aromatic heterocycles. The molecular formula is C26H32N4O2. The van der Waals surface area contributed by atoms with E-state index in [0.29, 0.717) is 19.5 Å². The van der Waals surface area contributed by atoms with Gasteiger partial charge in [-0.05, 0) is 50.8 Å².